The van der Waals surface area contributed by atoms with E-state index in [-0.39, 0.29) is 10.8 Å². The molecule has 0 bridgehead atoms. The largest absolute Gasteiger partial charge is 0.309 e. The van der Waals surface area contributed by atoms with Gasteiger partial charge in [-0.3, -0.25) is 0 Å². The highest BCUT2D eigenvalue weighted by molar-refractivity contribution is 6.12. The third kappa shape index (κ3) is 5.07. The highest BCUT2D eigenvalue weighted by atomic mass is 15.0. The van der Waals surface area contributed by atoms with Crippen molar-refractivity contribution in [3.63, 3.8) is 0 Å². The first-order valence-corrected chi connectivity index (χ1v) is 22.3. The molecule has 300 valence electrons. The first-order valence-electron chi connectivity index (χ1n) is 22.3. The Bertz CT molecular complexity index is 3720. The highest BCUT2D eigenvalue weighted by Crippen LogP contribution is 2.57. The molecular formula is C61H46N2. The molecule has 2 aromatic heterocycles. The Labute approximate surface area is 368 Å². The van der Waals surface area contributed by atoms with Gasteiger partial charge < -0.3 is 9.13 Å². The topological polar surface area (TPSA) is 9.86 Å². The number of nitrogens with zero attached hydrogens (tertiary/aromatic N) is 2. The van der Waals surface area contributed by atoms with Gasteiger partial charge in [0.15, 0.2) is 0 Å². The molecule has 0 radical (unpaired) electrons. The van der Waals surface area contributed by atoms with Crippen molar-refractivity contribution in [1.82, 2.24) is 9.13 Å². The van der Waals surface area contributed by atoms with Crippen LogP contribution in [0.5, 0.6) is 0 Å². The van der Waals surface area contributed by atoms with Gasteiger partial charge in [0.2, 0.25) is 0 Å². The van der Waals surface area contributed by atoms with Gasteiger partial charge in [0.25, 0.3) is 0 Å². The highest BCUT2D eigenvalue weighted by Gasteiger charge is 2.42. The second-order valence-corrected chi connectivity index (χ2v) is 19.1. The molecule has 2 aliphatic rings. The summed E-state index contributed by atoms with van der Waals surface area (Å²) in [5.74, 6) is 0. The number of aryl methyl sites for hydroxylation is 1. The minimum atomic E-state index is -0.150. The zero-order chi connectivity index (χ0) is 42.4. The molecule has 0 saturated heterocycles. The molecule has 2 aliphatic carbocycles. The average Bonchev–Trinajstić information content (AvgIpc) is 3.97. The van der Waals surface area contributed by atoms with Crippen molar-refractivity contribution in [2.24, 2.45) is 0 Å². The molecule has 0 N–H and O–H groups in total. The van der Waals surface area contributed by atoms with Crippen molar-refractivity contribution in [3.05, 3.63) is 216 Å². The molecule has 2 nitrogen and oxygen atoms in total. The fourth-order valence-corrected chi connectivity index (χ4v) is 11.5. The van der Waals surface area contributed by atoms with E-state index in [0.29, 0.717) is 0 Å². The van der Waals surface area contributed by atoms with Crippen LogP contribution in [0.3, 0.4) is 0 Å². The summed E-state index contributed by atoms with van der Waals surface area (Å²) in [6.07, 6.45) is 0. The summed E-state index contributed by atoms with van der Waals surface area (Å²) in [5.41, 5.74) is 24.4. The van der Waals surface area contributed by atoms with E-state index in [9.17, 15) is 0 Å². The Morgan fingerprint density at radius 3 is 1.17 bits per heavy atom. The summed E-state index contributed by atoms with van der Waals surface area (Å²) in [4.78, 5) is 0. The number of rotatable bonds is 4. The molecule has 13 rings (SSSR count). The molecule has 11 aromatic rings. The van der Waals surface area contributed by atoms with Crippen LogP contribution in [-0.2, 0) is 10.8 Å². The van der Waals surface area contributed by atoms with Crippen LogP contribution in [0.15, 0.2) is 188 Å². The molecule has 0 aliphatic heterocycles. The molecule has 0 amide bonds. The fourth-order valence-electron chi connectivity index (χ4n) is 11.5. The lowest BCUT2D eigenvalue weighted by atomic mass is 9.79. The standard InChI is InChI=1S/C61H46N2/c1-37-19-25-43(26-20-37)63-57-18-12-10-16-47(57)51-32-39(24-30-59(51)63)41-22-28-45-49-36-54-48(35-55(49)61(4,5)53(45)34-41)44-27-21-40(33-52(44)60(54,2)3)38-23-29-58-50(31-38)46-15-9-11-17-56(46)62(58)42-13-7-6-8-14-42/h6-36H,1-5H3. The number of para-hydroxylation sites is 3. The van der Waals surface area contributed by atoms with Crippen LogP contribution in [0.2, 0.25) is 0 Å². The van der Waals surface area contributed by atoms with Gasteiger partial charge in [-0.2, -0.15) is 0 Å². The van der Waals surface area contributed by atoms with Crippen molar-refractivity contribution >= 4 is 43.6 Å². The van der Waals surface area contributed by atoms with Crippen LogP contribution in [0.4, 0.5) is 0 Å². The van der Waals surface area contributed by atoms with Gasteiger partial charge in [0.1, 0.15) is 0 Å². The number of benzene rings is 9. The monoisotopic (exact) mass is 806 g/mol. The predicted octanol–water partition coefficient (Wildman–Crippen LogP) is 16.1. The van der Waals surface area contributed by atoms with E-state index >= 15 is 0 Å². The maximum absolute atomic E-state index is 2.54. The molecule has 2 heteroatoms. The molecular weight excluding hydrogens is 761 g/mol. The van der Waals surface area contributed by atoms with Crippen molar-refractivity contribution in [2.45, 2.75) is 45.4 Å². The summed E-state index contributed by atoms with van der Waals surface area (Å²) < 4.78 is 4.80. The normalized spacial score (nSPS) is 14.4. The molecule has 0 spiro atoms. The molecule has 0 fully saturated rings. The van der Waals surface area contributed by atoms with Crippen LogP contribution < -0.4 is 0 Å². The maximum Gasteiger partial charge on any atom is 0.0541 e. The zero-order valence-electron chi connectivity index (χ0n) is 36.3. The van der Waals surface area contributed by atoms with E-state index in [1.807, 2.05) is 0 Å². The van der Waals surface area contributed by atoms with Gasteiger partial charge in [-0.1, -0.05) is 136 Å². The van der Waals surface area contributed by atoms with E-state index in [1.165, 1.54) is 127 Å². The Morgan fingerprint density at radius 1 is 0.302 bits per heavy atom. The Kier molecular flexibility index (Phi) is 7.37. The van der Waals surface area contributed by atoms with E-state index in [2.05, 4.69) is 232 Å². The molecule has 9 aromatic carbocycles. The first kappa shape index (κ1) is 36.3. The summed E-state index contributed by atoms with van der Waals surface area (Å²) >= 11 is 0. The minimum Gasteiger partial charge on any atom is -0.309 e. The fraction of sp³-hybridized carbons (Fsp3) is 0.115. The van der Waals surface area contributed by atoms with Crippen LogP contribution >= 0.6 is 0 Å². The van der Waals surface area contributed by atoms with E-state index in [1.54, 1.807) is 0 Å². The maximum atomic E-state index is 2.54. The third-order valence-corrected chi connectivity index (χ3v) is 14.8. The lowest BCUT2D eigenvalue weighted by Crippen LogP contribution is -2.17. The van der Waals surface area contributed by atoms with E-state index < -0.39 is 0 Å². The lowest BCUT2D eigenvalue weighted by molar-refractivity contribution is 0.652. The zero-order valence-corrected chi connectivity index (χ0v) is 36.3. The second kappa shape index (κ2) is 12.8. The third-order valence-electron chi connectivity index (χ3n) is 14.8. The van der Waals surface area contributed by atoms with Crippen molar-refractivity contribution in [2.75, 3.05) is 0 Å². The van der Waals surface area contributed by atoms with Gasteiger partial charge in [-0.15, -0.1) is 0 Å². The van der Waals surface area contributed by atoms with Crippen LogP contribution in [0, 0.1) is 6.92 Å². The minimum absolute atomic E-state index is 0.150. The first-order chi connectivity index (χ1) is 30.6. The second-order valence-electron chi connectivity index (χ2n) is 19.1. The van der Waals surface area contributed by atoms with Crippen molar-refractivity contribution in [3.8, 4) is 55.9 Å². The van der Waals surface area contributed by atoms with Gasteiger partial charge in [-0.05, 0) is 159 Å². The molecule has 0 atom stereocenters. The average molecular weight is 807 g/mol. The molecule has 2 heterocycles. The smallest absolute Gasteiger partial charge is 0.0541 e. The number of aromatic nitrogens is 2. The van der Waals surface area contributed by atoms with Crippen LogP contribution in [0.25, 0.3) is 99.5 Å². The van der Waals surface area contributed by atoms with E-state index in [4.69, 9.17) is 0 Å². The molecule has 0 saturated carbocycles. The number of fused-ring (bicyclic) bond motifs is 12. The summed E-state index contributed by atoms with van der Waals surface area (Å²) in [5, 5.41) is 5.12. The van der Waals surface area contributed by atoms with Gasteiger partial charge in [-0.25, -0.2) is 0 Å². The summed E-state index contributed by atoms with van der Waals surface area (Å²) in [6.45, 7) is 11.8. The summed E-state index contributed by atoms with van der Waals surface area (Å²) in [6, 6.07) is 70.7. The van der Waals surface area contributed by atoms with E-state index in [0.717, 1.165) is 0 Å². The number of hydrogen-bond donors (Lipinski definition) is 0. The van der Waals surface area contributed by atoms with Crippen molar-refractivity contribution in [1.29, 1.82) is 0 Å². The predicted molar refractivity (Wildman–Crippen MR) is 266 cm³/mol. The Morgan fingerprint density at radius 2 is 0.683 bits per heavy atom. The van der Waals surface area contributed by atoms with Gasteiger partial charge in [0, 0.05) is 43.7 Å². The van der Waals surface area contributed by atoms with Crippen LogP contribution in [-0.4, -0.2) is 9.13 Å². The number of hydrogen-bond acceptors (Lipinski definition) is 0. The van der Waals surface area contributed by atoms with Gasteiger partial charge in [0.05, 0.1) is 22.1 Å². The van der Waals surface area contributed by atoms with Gasteiger partial charge >= 0.3 is 0 Å². The Hall–Kier alpha value is -7.42. The van der Waals surface area contributed by atoms with Crippen molar-refractivity contribution < 1.29 is 0 Å². The molecule has 63 heavy (non-hydrogen) atoms. The SMILES string of the molecule is Cc1ccc(-n2c3ccccc3c3cc(-c4ccc5c(c4)C(C)(C)c4cc6c(cc4-5)C(C)(C)c4cc(-c5ccc7c(c5)c5ccccc5n7-c5ccccc5)ccc4-6)ccc32)cc1. The summed E-state index contributed by atoms with van der Waals surface area (Å²) in [7, 11) is 0. The lowest BCUT2D eigenvalue weighted by Gasteiger charge is -2.24. The Balaban J connectivity index is 0.877. The quantitative estimate of drug-likeness (QED) is 0.168. The molecule has 0 unspecified atom stereocenters. The van der Waals surface area contributed by atoms with Crippen LogP contribution in [0.1, 0.15) is 55.5 Å².